The molecule has 1 unspecified atom stereocenters. The Kier molecular flexibility index (Phi) is 5.25. The molecule has 6 heteroatoms. The second-order valence-corrected chi connectivity index (χ2v) is 4.72. The molecular weight excluding hydrogens is 220 g/mol. The van der Waals surface area contributed by atoms with Crippen LogP contribution in [0.25, 0.3) is 0 Å². The van der Waals surface area contributed by atoms with Crippen molar-refractivity contribution in [2.45, 2.75) is 31.7 Å². The monoisotopic (exact) mass is 234 g/mol. The van der Waals surface area contributed by atoms with Crippen molar-refractivity contribution in [3.63, 3.8) is 0 Å². The number of aromatic nitrogens is 4. The van der Waals surface area contributed by atoms with E-state index in [0.717, 1.165) is 18.8 Å². The summed E-state index contributed by atoms with van der Waals surface area (Å²) in [5.74, 6) is 1.95. The summed E-state index contributed by atoms with van der Waals surface area (Å²) in [4.78, 5) is 0. The lowest BCUT2D eigenvalue weighted by molar-refractivity contribution is 0.534. The standard InChI is InChI=1S/C8H15ClN4S/c1-7(9)8-10-11-12-13(8)5-3-4-6-14-2/h7H,3-6H2,1-2H3. The van der Waals surface area contributed by atoms with Crippen LogP contribution >= 0.6 is 23.4 Å². The van der Waals surface area contributed by atoms with Gasteiger partial charge in [0.25, 0.3) is 0 Å². The third kappa shape index (κ3) is 3.46. The fourth-order valence-electron chi connectivity index (χ4n) is 1.16. The van der Waals surface area contributed by atoms with E-state index in [1.54, 1.807) is 4.68 Å². The summed E-state index contributed by atoms with van der Waals surface area (Å²) in [6.45, 7) is 2.74. The quantitative estimate of drug-likeness (QED) is 0.559. The number of unbranched alkanes of at least 4 members (excludes halogenated alkanes) is 1. The summed E-state index contributed by atoms with van der Waals surface area (Å²) in [6, 6.07) is 0. The summed E-state index contributed by atoms with van der Waals surface area (Å²) in [7, 11) is 0. The van der Waals surface area contributed by atoms with E-state index in [4.69, 9.17) is 11.6 Å². The Balaban J connectivity index is 2.38. The largest absolute Gasteiger partial charge is 0.228 e. The Bertz CT molecular complexity index is 264. The molecule has 1 rings (SSSR count). The zero-order valence-electron chi connectivity index (χ0n) is 8.48. The van der Waals surface area contributed by atoms with Gasteiger partial charge in [0.1, 0.15) is 0 Å². The van der Waals surface area contributed by atoms with Crippen LogP contribution in [0.1, 0.15) is 31.0 Å². The van der Waals surface area contributed by atoms with Gasteiger partial charge in [0, 0.05) is 6.54 Å². The summed E-state index contributed by atoms with van der Waals surface area (Å²) in [5, 5.41) is 11.3. The van der Waals surface area contributed by atoms with E-state index in [1.807, 2.05) is 18.7 Å². The van der Waals surface area contributed by atoms with Crippen LogP contribution in [0.15, 0.2) is 0 Å². The number of rotatable bonds is 6. The van der Waals surface area contributed by atoms with Crippen LogP contribution < -0.4 is 0 Å². The first-order valence-electron chi connectivity index (χ1n) is 4.64. The molecule has 0 N–H and O–H groups in total. The van der Waals surface area contributed by atoms with E-state index < -0.39 is 0 Å². The van der Waals surface area contributed by atoms with Crippen LogP contribution in [0.4, 0.5) is 0 Å². The van der Waals surface area contributed by atoms with Gasteiger partial charge in [-0.2, -0.15) is 11.8 Å². The van der Waals surface area contributed by atoms with Crippen molar-refractivity contribution < 1.29 is 0 Å². The number of halogens is 1. The number of hydrogen-bond acceptors (Lipinski definition) is 4. The van der Waals surface area contributed by atoms with Gasteiger partial charge in [-0.25, -0.2) is 4.68 Å². The summed E-state index contributed by atoms with van der Waals surface area (Å²) >= 11 is 7.78. The van der Waals surface area contributed by atoms with Crippen molar-refractivity contribution in [3.05, 3.63) is 5.82 Å². The minimum Gasteiger partial charge on any atom is -0.228 e. The topological polar surface area (TPSA) is 43.6 Å². The summed E-state index contributed by atoms with van der Waals surface area (Å²) < 4.78 is 1.79. The van der Waals surface area contributed by atoms with Gasteiger partial charge in [-0.3, -0.25) is 0 Å². The Morgan fingerprint density at radius 3 is 2.93 bits per heavy atom. The van der Waals surface area contributed by atoms with Gasteiger partial charge in [-0.05, 0) is 42.2 Å². The second-order valence-electron chi connectivity index (χ2n) is 3.08. The second kappa shape index (κ2) is 6.24. The minimum atomic E-state index is -0.120. The highest BCUT2D eigenvalue weighted by atomic mass is 35.5. The Labute approximate surface area is 93.4 Å². The van der Waals surface area contributed by atoms with Crippen LogP contribution in [0, 0.1) is 0 Å². The maximum absolute atomic E-state index is 5.92. The van der Waals surface area contributed by atoms with Gasteiger partial charge in [0.15, 0.2) is 5.82 Å². The normalized spacial score (nSPS) is 13.1. The molecule has 14 heavy (non-hydrogen) atoms. The Morgan fingerprint density at radius 2 is 2.29 bits per heavy atom. The van der Waals surface area contributed by atoms with Crippen LogP contribution in [-0.4, -0.2) is 32.2 Å². The first-order valence-corrected chi connectivity index (χ1v) is 6.47. The third-order valence-corrected chi connectivity index (χ3v) is 2.78. The molecule has 0 saturated carbocycles. The van der Waals surface area contributed by atoms with E-state index >= 15 is 0 Å². The van der Waals surface area contributed by atoms with Crippen LogP contribution in [0.3, 0.4) is 0 Å². The van der Waals surface area contributed by atoms with Gasteiger partial charge in [-0.15, -0.1) is 16.7 Å². The van der Waals surface area contributed by atoms with Gasteiger partial charge in [-0.1, -0.05) is 0 Å². The average molecular weight is 235 g/mol. The zero-order valence-corrected chi connectivity index (χ0v) is 10.1. The number of aryl methyl sites for hydroxylation is 1. The molecule has 0 bridgehead atoms. The number of hydrogen-bond donors (Lipinski definition) is 0. The molecule has 1 aromatic rings. The maximum atomic E-state index is 5.92. The van der Waals surface area contributed by atoms with E-state index in [-0.39, 0.29) is 5.38 Å². The highest BCUT2D eigenvalue weighted by Crippen LogP contribution is 2.15. The lowest BCUT2D eigenvalue weighted by Crippen LogP contribution is -2.06. The van der Waals surface area contributed by atoms with Crippen LogP contribution in [-0.2, 0) is 6.54 Å². The predicted octanol–water partition coefficient (Wildman–Crippen LogP) is 2.12. The molecule has 0 aliphatic rings. The highest BCUT2D eigenvalue weighted by Gasteiger charge is 2.10. The third-order valence-electron chi connectivity index (χ3n) is 1.88. The fourth-order valence-corrected chi connectivity index (χ4v) is 1.81. The molecule has 1 aromatic heterocycles. The van der Waals surface area contributed by atoms with Gasteiger partial charge in [0.2, 0.25) is 0 Å². The van der Waals surface area contributed by atoms with Crippen LogP contribution in [0.5, 0.6) is 0 Å². The number of tetrazole rings is 1. The van der Waals surface area contributed by atoms with E-state index in [2.05, 4.69) is 21.8 Å². The highest BCUT2D eigenvalue weighted by molar-refractivity contribution is 7.98. The van der Waals surface area contributed by atoms with Gasteiger partial charge in [0.05, 0.1) is 5.38 Å². The molecule has 0 spiro atoms. The molecule has 0 aromatic carbocycles. The average Bonchev–Trinajstić information content (AvgIpc) is 2.60. The lowest BCUT2D eigenvalue weighted by atomic mass is 10.3. The molecule has 0 aliphatic carbocycles. The summed E-state index contributed by atoms with van der Waals surface area (Å²) in [5.41, 5.74) is 0. The SMILES string of the molecule is CSCCCCn1nnnc1C(C)Cl. The molecule has 4 nitrogen and oxygen atoms in total. The van der Waals surface area contributed by atoms with Crippen molar-refractivity contribution in [2.24, 2.45) is 0 Å². The number of nitrogens with zero attached hydrogens (tertiary/aromatic N) is 4. The van der Waals surface area contributed by atoms with E-state index in [0.29, 0.717) is 0 Å². The zero-order chi connectivity index (χ0) is 10.4. The van der Waals surface area contributed by atoms with Crippen molar-refractivity contribution in [2.75, 3.05) is 12.0 Å². The molecule has 0 fully saturated rings. The summed E-state index contributed by atoms with van der Waals surface area (Å²) in [6.07, 6.45) is 4.41. The predicted molar refractivity (Wildman–Crippen MR) is 59.7 cm³/mol. The first-order chi connectivity index (χ1) is 6.75. The molecular formula is C8H15ClN4S. The van der Waals surface area contributed by atoms with E-state index in [9.17, 15) is 0 Å². The molecule has 80 valence electrons. The van der Waals surface area contributed by atoms with Crippen LogP contribution in [0.2, 0.25) is 0 Å². The van der Waals surface area contributed by atoms with Crippen molar-refractivity contribution in [3.8, 4) is 0 Å². The van der Waals surface area contributed by atoms with Crippen molar-refractivity contribution >= 4 is 23.4 Å². The molecule has 1 heterocycles. The van der Waals surface area contributed by atoms with Gasteiger partial charge < -0.3 is 0 Å². The molecule has 0 aliphatic heterocycles. The minimum absolute atomic E-state index is 0.120. The molecule has 1 atom stereocenters. The fraction of sp³-hybridized carbons (Fsp3) is 0.875. The number of thioether (sulfide) groups is 1. The van der Waals surface area contributed by atoms with E-state index in [1.165, 1.54) is 12.2 Å². The van der Waals surface area contributed by atoms with Gasteiger partial charge >= 0.3 is 0 Å². The Morgan fingerprint density at radius 1 is 1.50 bits per heavy atom. The molecule has 0 radical (unpaired) electrons. The van der Waals surface area contributed by atoms with Crippen molar-refractivity contribution in [1.29, 1.82) is 0 Å². The molecule has 0 saturated heterocycles. The first kappa shape index (κ1) is 11.8. The lowest BCUT2D eigenvalue weighted by Gasteiger charge is -2.04. The maximum Gasteiger partial charge on any atom is 0.168 e. The van der Waals surface area contributed by atoms with Crippen molar-refractivity contribution in [1.82, 2.24) is 20.2 Å². The number of alkyl halides is 1. The Hall–Kier alpha value is -0.290. The smallest absolute Gasteiger partial charge is 0.168 e. The molecule has 0 amide bonds.